The summed E-state index contributed by atoms with van der Waals surface area (Å²) in [5, 5.41) is -6.71. The van der Waals surface area contributed by atoms with E-state index < -0.39 is 124 Å². The molecule has 0 N–H and O–H groups in total. The number of hydrogen-bond donors (Lipinski definition) is 0. The molecule has 3 unspecified atom stereocenters. The molecule has 0 amide bonds. The second-order valence-electron chi connectivity index (χ2n) is 15.9. The standard InChI is InChI=1S/C38H36F25N2P/c1-16-12-18(3)25(19(4)13-16)64-22(7)65(26-20(5)14-17(2)15-21(26)6)24(9-11-28(41,42)30(45,46)32(49,50)34(53,54)36(57,66)38(61,62)63)23(64)8-10-27(39,40)29(43,44)31(47,48)33(51,52)35(55,56)37(58,59)60/h12-15,22H,8-11,66H2,1-7H3. The molecule has 1 aliphatic rings. The number of allylic oxidation sites excluding steroid dienone is 2. The highest BCUT2D eigenvalue weighted by atomic mass is 31.0. The van der Waals surface area contributed by atoms with Gasteiger partial charge in [-0.3, -0.25) is 0 Å². The van der Waals surface area contributed by atoms with Gasteiger partial charge in [-0.25, -0.2) is 4.39 Å². The van der Waals surface area contributed by atoms with E-state index in [4.69, 9.17) is 0 Å². The van der Waals surface area contributed by atoms with E-state index in [-0.39, 0.29) is 33.6 Å². The zero-order valence-electron chi connectivity index (χ0n) is 34.6. The number of nitrogens with zero attached hydrogens (tertiary/aromatic N) is 2. The molecular weight excluding hydrogens is 990 g/mol. The van der Waals surface area contributed by atoms with Gasteiger partial charge < -0.3 is 9.80 Å². The van der Waals surface area contributed by atoms with Crippen molar-refractivity contribution >= 4 is 20.6 Å². The normalized spacial score (nSPS) is 18.2. The summed E-state index contributed by atoms with van der Waals surface area (Å²) in [6.45, 7) is 9.01. The third-order valence-electron chi connectivity index (χ3n) is 10.9. The number of anilines is 2. The van der Waals surface area contributed by atoms with Gasteiger partial charge in [0.1, 0.15) is 6.17 Å². The van der Waals surface area contributed by atoms with Crippen molar-refractivity contribution in [2.24, 2.45) is 0 Å². The molecule has 2 aromatic rings. The molecule has 3 atom stereocenters. The molecule has 1 heterocycles. The number of rotatable bonds is 16. The van der Waals surface area contributed by atoms with Gasteiger partial charge in [0.05, 0.1) is 0 Å². The van der Waals surface area contributed by atoms with Crippen LogP contribution in [0.2, 0.25) is 0 Å². The van der Waals surface area contributed by atoms with Crippen LogP contribution in [0.5, 0.6) is 0 Å². The quantitative estimate of drug-likeness (QED) is 0.122. The van der Waals surface area contributed by atoms with E-state index >= 15 is 26.3 Å². The molecule has 2 aromatic carbocycles. The van der Waals surface area contributed by atoms with Gasteiger partial charge in [-0.15, -0.1) is 0 Å². The minimum atomic E-state index is -8.33. The summed E-state index contributed by atoms with van der Waals surface area (Å²) in [4.78, 5) is 1.52. The summed E-state index contributed by atoms with van der Waals surface area (Å²) in [6, 6.07) is 5.28. The summed E-state index contributed by atoms with van der Waals surface area (Å²) in [7, 11) is -0.534. The summed E-state index contributed by atoms with van der Waals surface area (Å²) in [5.41, 5.74) is -1.80. The molecule has 0 radical (unpaired) electrons. The number of halogens is 25. The van der Waals surface area contributed by atoms with Crippen molar-refractivity contribution in [3.8, 4) is 0 Å². The third-order valence-corrected chi connectivity index (χ3v) is 11.6. The smallest absolute Gasteiger partial charge is 0.322 e. The average Bonchev–Trinajstić information content (AvgIpc) is 3.37. The summed E-state index contributed by atoms with van der Waals surface area (Å²) >= 11 is 0. The maximum Gasteiger partial charge on any atom is 0.460 e. The van der Waals surface area contributed by atoms with E-state index in [1.54, 1.807) is 0 Å². The van der Waals surface area contributed by atoms with Crippen LogP contribution in [0.3, 0.4) is 0 Å². The van der Waals surface area contributed by atoms with Crippen LogP contribution in [0, 0.1) is 41.5 Å². The molecular formula is C38H36F25N2P. The maximum atomic E-state index is 15.5. The Bertz CT molecular complexity index is 1970. The van der Waals surface area contributed by atoms with E-state index in [9.17, 15) is 83.4 Å². The molecule has 0 bridgehead atoms. The Kier molecular flexibility index (Phi) is 14.5. The van der Waals surface area contributed by atoms with Crippen LogP contribution >= 0.6 is 9.24 Å². The van der Waals surface area contributed by atoms with Crippen LogP contribution < -0.4 is 9.80 Å². The largest absolute Gasteiger partial charge is 0.460 e. The molecule has 378 valence electrons. The third kappa shape index (κ3) is 8.51. The number of benzene rings is 2. The molecule has 0 spiro atoms. The van der Waals surface area contributed by atoms with Gasteiger partial charge >= 0.3 is 65.7 Å². The number of aryl methyl sites for hydroxylation is 6. The van der Waals surface area contributed by atoms with Gasteiger partial charge in [-0.1, -0.05) is 44.6 Å². The molecule has 66 heavy (non-hydrogen) atoms. The zero-order chi connectivity index (χ0) is 52.2. The minimum Gasteiger partial charge on any atom is -0.322 e. The molecule has 0 aromatic heterocycles. The summed E-state index contributed by atoms with van der Waals surface area (Å²) in [6.07, 6.45) is -26.7. The first-order valence-corrected chi connectivity index (χ1v) is 19.1. The Morgan fingerprint density at radius 3 is 0.909 bits per heavy atom. The Hall–Kier alpha value is -3.54. The van der Waals surface area contributed by atoms with Crippen LogP contribution in [0.4, 0.5) is 121 Å². The SMILES string of the molecule is Cc1cc(C)c(N2C(CCC(F)(F)C(F)(F)C(F)(F)C(F)(F)C(F)(F)C(F)(F)F)=C(CCC(F)(F)C(F)(F)C(F)(F)C(F)(F)C(F)(P)C(F)(F)F)N(c3c(C)cc(C)cc3C)C2C)c(C)c1. The lowest BCUT2D eigenvalue weighted by Crippen LogP contribution is -2.70. The van der Waals surface area contributed by atoms with Gasteiger partial charge in [0.25, 0.3) is 5.41 Å². The monoisotopic (exact) mass is 1030 g/mol. The van der Waals surface area contributed by atoms with Crippen molar-refractivity contribution in [1.82, 2.24) is 0 Å². The first-order chi connectivity index (χ1) is 29.0. The Balaban J connectivity index is 2.44. The fourth-order valence-corrected chi connectivity index (χ4v) is 7.80. The van der Waals surface area contributed by atoms with E-state index in [1.165, 1.54) is 65.8 Å². The summed E-state index contributed by atoms with van der Waals surface area (Å²) < 4.78 is 357. The van der Waals surface area contributed by atoms with Crippen LogP contribution in [0.1, 0.15) is 66.0 Å². The Morgan fingerprint density at radius 1 is 0.394 bits per heavy atom. The highest BCUT2D eigenvalue weighted by Gasteiger charge is 2.91. The second-order valence-corrected chi connectivity index (χ2v) is 16.7. The zero-order valence-corrected chi connectivity index (χ0v) is 35.8. The maximum absolute atomic E-state index is 15.5. The number of hydrogen-bond acceptors (Lipinski definition) is 2. The van der Waals surface area contributed by atoms with Crippen molar-refractivity contribution in [2.75, 3.05) is 9.80 Å². The van der Waals surface area contributed by atoms with E-state index in [2.05, 4.69) is 0 Å². The molecule has 0 saturated heterocycles. The molecule has 2 nitrogen and oxygen atoms in total. The van der Waals surface area contributed by atoms with Crippen LogP contribution in [0.15, 0.2) is 35.7 Å². The summed E-state index contributed by atoms with van der Waals surface area (Å²) in [5.74, 6) is -69.5. The fourth-order valence-electron chi connectivity index (χ4n) is 7.62. The first kappa shape index (κ1) is 56.8. The van der Waals surface area contributed by atoms with Gasteiger partial charge in [-0.2, -0.15) is 105 Å². The predicted octanol–water partition coefficient (Wildman–Crippen LogP) is 15.4. The van der Waals surface area contributed by atoms with Crippen molar-refractivity contribution in [1.29, 1.82) is 0 Å². The topological polar surface area (TPSA) is 6.48 Å². The molecule has 28 heteroatoms. The molecule has 0 fully saturated rings. The Morgan fingerprint density at radius 2 is 0.652 bits per heavy atom. The Labute approximate surface area is 360 Å². The van der Waals surface area contributed by atoms with Gasteiger partial charge in [-0.05, 0) is 83.6 Å². The molecule has 0 aliphatic carbocycles. The second kappa shape index (κ2) is 16.9. The van der Waals surface area contributed by atoms with Gasteiger partial charge in [0, 0.05) is 35.6 Å². The highest BCUT2D eigenvalue weighted by molar-refractivity contribution is 7.19. The van der Waals surface area contributed by atoms with Crippen molar-refractivity contribution in [2.45, 2.75) is 151 Å². The highest BCUT2D eigenvalue weighted by Crippen LogP contribution is 2.64. The van der Waals surface area contributed by atoms with Gasteiger partial charge in [0.2, 0.25) is 0 Å². The number of alkyl halides is 25. The van der Waals surface area contributed by atoms with Crippen molar-refractivity contribution in [3.63, 3.8) is 0 Å². The van der Waals surface area contributed by atoms with E-state index in [1.807, 2.05) is 0 Å². The fraction of sp³-hybridized carbons (Fsp3) is 0.632. The van der Waals surface area contributed by atoms with Crippen LogP contribution in [-0.4, -0.2) is 77.2 Å². The van der Waals surface area contributed by atoms with Crippen molar-refractivity contribution < 1.29 is 110 Å². The lowest BCUT2D eigenvalue weighted by molar-refractivity contribution is -0.440. The lowest BCUT2D eigenvalue weighted by Gasteiger charge is -2.41. The average molecular weight is 1030 g/mol. The first-order valence-electron chi connectivity index (χ1n) is 18.5. The van der Waals surface area contributed by atoms with Gasteiger partial charge in [0.15, 0.2) is 0 Å². The minimum absolute atomic E-state index is 0.0450. The molecule has 3 rings (SSSR count). The van der Waals surface area contributed by atoms with E-state index in [0.717, 1.165) is 16.7 Å². The lowest BCUT2D eigenvalue weighted by atomic mass is 9.90. The van der Waals surface area contributed by atoms with Crippen LogP contribution in [0.25, 0.3) is 0 Å². The van der Waals surface area contributed by atoms with Crippen molar-refractivity contribution in [3.05, 3.63) is 69.0 Å². The molecule has 0 saturated carbocycles. The predicted molar refractivity (Wildman–Crippen MR) is 191 cm³/mol. The van der Waals surface area contributed by atoms with Crippen LogP contribution in [-0.2, 0) is 0 Å². The van der Waals surface area contributed by atoms with E-state index in [0.29, 0.717) is 11.1 Å². The molecule has 1 aliphatic heterocycles.